The molecule has 0 saturated carbocycles. The van der Waals surface area contributed by atoms with Crippen LogP contribution in [0, 0.1) is 11.3 Å². The molecule has 2 aromatic rings. The summed E-state index contributed by atoms with van der Waals surface area (Å²) < 4.78 is 0. The molecule has 0 aliphatic carbocycles. The summed E-state index contributed by atoms with van der Waals surface area (Å²) in [4.78, 5) is 4.36. The van der Waals surface area contributed by atoms with E-state index in [0.717, 1.165) is 5.39 Å². The number of aliphatic hydroxyl groups is 1. The molecule has 18 heavy (non-hydrogen) atoms. The van der Waals surface area contributed by atoms with Crippen LogP contribution in [0.4, 0.5) is 5.82 Å². The van der Waals surface area contributed by atoms with Crippen LogP contribution in [0.25, 0.3) is 10.9 Å². The average molecular weight is 262 g/mol. The van der Waals surface area contributed by atoms with Crippen LogP contribution in [0.5, 0.6) is 0 Å². The first-order valence-electron chi connectivity index (χ1n) is 5.52. The van der Waals surface area contributed by atoms with Crippen LogP contribution in [0.2, 0.25) is 5.02 Å². The molecule has 0 saturated heterocycles. The average Bonchev–Trinajstić information content (AvgIpc) is 2.35. The summed E-state index contributed by atoms with van der Waals surface area (Å²) in [7, 11) is 0. The van der Waals surface area contributed by atoms with Crippen LogP contribution < -0.4 is 5.32 Å². The van der Waals surface area contributed by atoms with Crippen molar-refractivity contribution < 1.29 is 5.11 Å². The van der Waals surface area contributed by atoms with E-state index in [1.807, 2.05) is 0 Å². The fraction of sp³-hybridized carbons (Fsp3) is 0.231. The molecule has 0 spiro atoms. The Balaban J connectivity index is 2.47. The Bertz CT molecular complexity index is 619. The third-order valence-corrected chi connectivity index (χ3v) is 2.70. The second-order valence-electron chi connectivity index (χ2n) is 4.06. The van der Waals surface area contributed by atoms with E-state index >= 15 is 0 Å². The maximum atomic E-state index is 9.22. The third kappa shape index (κ3) is 2.70. The number of halogens is 1. The van der Waals surface area contributed by atoms with Gasteiger partial charge < -0.3 is 10.4 Å². The highest BCUT2D eigenvalue weighted by Crippen LogP contribution is 2.23. The van der Waals surface area contributed by atoms with Crippen molar-refractivity contribution in [3.8, 4) is 6.07 Å². The van der Waals surface area contributed by atoms with Gasteiger partial charge in [0.15, 0.2) is 0 Å². The van der Waals surface area contributed by atoms with Crippen molar-refractivity contribution in [1.82, 2.24) is 4.98 Å². The molecule has 1 heterocycles. The van der Waals surface area contributed by atoms with Gasteiger partial charge in [0.25, 0.3) is 0 Å². The number of aromatic nitrogens is 1. The van der Waals surface area contributed by atoms with Crippen LogP contribution in [0.15, 0.2) is 24.3 Å². The van der Waals surface area contributed by atoms with Gasteiger partial charge in [-0.25, -0.2) is 4.98 Å². The zero-order valence-electron chi connectivity index (χ0n) is 9.81. The van der Waals surface area contributed by atoms with Crippen LogP contribution in [0.1, 0.15) is 12.5 Å². The predicted octanol–water partition coefficient (Wildman–Crippen LogP) is 2.55. The summed E-state index contributed by atoms with van der Waals surface area (Å²) in [5, 5.41) is 22.6. The second kappa shape index (κ2) is 5.21. The molecule has 4 nitrogen and oxygen atoms in total. The minimum Gasteiger partial charge on any atom is -0.392 e. The largest absolute Gasteiger partial charge is 0.392 e. The lowest BCUT2D eigenvalue weighted by atomic mass is 10.1. The van der Waals surface area contributed by atoms with Crippen LogP contribution >= 0.6 is 11.6 Å². The topological polar surface area (TPSA) is 68.9 Å². The molecule has 0 radical (unpaired) electrons. The highest BCUT2D eigenvalue weighted by Gasteiger charge is 2.06. The molecular formula is C13H12ClN3O. The number of pyridine rings is 1. The summed E-state index contributed by atoms with van der Waals surface area (Å²) in [5.41, 5.74) is 1.21. The monoisotopic (exact) mass is 261 g/mol. The molecule has 0 fully saturated rings. The molecule has 0 amide bonds. The quantitative estimate of drug-likeness (QED) is 0.891. The molecule has 0 unspecified atom stereocenters. The SMILES string of the molecule is C[C@H](O)CNc1cc(C#N)c2cc(Cl)ccc2n1. The van der Waals surface area contributed by atoms with Crippen molar-refractivity contribution in [3.05, 3.63) is 34.9 Å². The minimum atomic E-state index is -0.474. The van der Waals surface area contributed by atoms with Crippen molar-refractivity contribution in [1.29, 1.82) is 5.26 Å². The Morgan fingerprint density at radius 1 is 1.50 bits per heavy atom. The Labute approximate surface area is 110 Å². The Hall–Kier alpha value is -1.83. The number of benzene rings is 1. The van der Waals surface area contributed by atoms with Crippen LogP contribution in [0.3, 0.4) is 0 Å². The van der Waals surface area contributed by atoms with E-state index in [-0.39, 0.29) is 0 Å². The number of nitrogens with zero attached hydrogens (tertiary/aromatic N) is 2. The second-order valence-corrected chi connectivity index (χ2v) is 4.49. The predicted molar refractivity (Wildman–Crippen MR) is 71.6 cm³/mol. The number of anilines is 1. The van der Waals surface area contributed by atoms with Crippen molar-refractivity contribution >= 4 is 28.3 Å². The molecule has 1 aromatic carbocycles. The van der Waals surface area contributed by atoms with Crippen molar-refractivity contribution in [2.24, 2.45) is 0 Å². The van der Waals surface area contributed by atoms with Crippen LogP contribution in [-0.2, 0) is 0 Å². The van der Waals surface area contributed by atoms with E-state index < -0.39 is 6.10 Å². The van der Waals surface area contributed by atoms with Gasteiger partial charge in [0, 0.05) is 17.0 Å². The normalized spacial score (nSPS) is 12.1. The summed E-state index contributed by atoms with van der Waals surface area (Å²) in [5.74, 6) is 0.572. The minimum absolute atomic E-state index is 0.386. The van der Waals surface area contributed by atoms with Crippen molar-refractivity contribution in [3.63, 3.8) is 0 Å². The Kier molecular flexibility index (Phi) is 3.66. The van der Waals surface area contributed by atoms with E-state index in [1.54, 1.807) is 31.2 Å². The zero-order valence-corrected chi connectivity index (χ0v) is 10.6. The van der Waals surface area contributed by atoms with Gasteiger partial charge in [0.1, 0.15) is 5.82 Å². The number of aliphatic hydroxyl groups excluding tert-OH is 1. The maximum Gasteiger partial charge on any atom is 0.128 e. The van der Waals surface area contributed by atoms with Crippen LogP contribution in [-0.4, -0.2) is 22.7 Å². The van der Waals surface area contributed by atoms with Gasteiger partial charge in [0.05, 0.1) is 23.3 Å². The smallest absolute Gasteiger partial charge is 0.128 e. The standard InChI is InChI=1S/C13H12ClN3O/c1-8(18)7-16-13-4-9(6-15)11-5-10(14)2-3-12(11)17-13/h2-5,8,18H,7H2,1H3,(H,16,17)/t8-/m0/s1. The van der Waals surface area contributed by atoms with E-state index in [4.69, 9.17) is 16.9 Å². The number of fused-ring (bicyclic) bond motifs is 1. The van der Waals surface area contributed by atoms with Gasteiger partial charge in [-0.2, -0.15) is 5.26 Å². The summed E-state index contributed by atoms with van der Waals surface area (Å²) >= 11 is 5.90. The highest BCUT2D eigenvalue weighted by molar-refractivity contribution is 6.31. The van der Waals surface area contributed by atoms with Gasteiger partial charge in [-0.3, -0.25) is 0 Å². The first kappa shape index (κ1) is 12.6. The molecule has 0 bridgehead atoms. The van der Waals surface area contributed by atoms with Gasteiger partial charge in [-0.1, -0.05) is 11.6 Å². The molecule has 1 aromatic heterocycles. The van der Waals surface area contributed by atoms with E-state index in [2.05, 4.69) is 16.4 Å². The molecule has 0 aliphatic rings. The number of hydrogen-bond acceptors (Lipinski definition) is 4. The molecule has 0 aliphatic heterocycles. The van der Waals surface area contributed by atoms with Crippen molar-refractivity contribution in [2.45, 2.75) is 13.0 Å². The van der Waals surface area contributed by atoms with Gasteiger partial charge in [-0.15, -0.1) is 0 Å². The number of hydrogen-bond donors (Lipinski definition) is 2. The molecule has 92 valence electrons. The maximum absolute atomic E-state index is 9.22. The fourth-order valence-electron chi connectivity index (χ4n) is 1.63. The first-order chi connectivity index (χ1) is 8.60. The molecule has 5 heteroatoms. The lowest BCUT2D eigenvalue weighted by molar-refractivity contribution is 0.208. The Morgan fingerprint density at radius 2 is 2.28 bits per heavy atom. The highest BCUT2D eigenvalue weighted by atomic mass is 35.5. The summed E-state index contributed by atoms with van der Waals surface area (Å²) in [6.45, 7) is 2.07. The molecule has 1 atom stereocenters. The first-order valence-corrected chi connectivity index (χ1v) is 5.90. The fourth-order valence-corrected chi connectivity index (χ4v) is 1.81. The molecule has 2 N–H and O–H groups in total. The summed E-state index contributed by atoms with van der Waals surface area (Å²) in [6, 6.07) is 9.00. The number of rotatable bonds is 3. The Morgan fingerprint density at radius 3 is 2.94 bits per heavy atom. The van der Waals surface area contributed by atoms with Gasteiger partial charge in [0.2, 0.25) is 0 Å². The van der Waals surface area contributed by atoms with Crippen molar-refractivity contribution in [2.75, 3.05) is 11.9 Å². The lowest BCUT2D eigenvalue weighted by Crippen LogP contribution is -2.16. The zero-order chi connectivity index (χ0) is 13.1. The third-order valence-electron chi connectivity index (χ3n) is 2.47. The summed E-state index contributed by atoms with van der Waals surface area (Å²) in [6.07, 6.45) is -0.474. The number of nitriles is 1. The van der Waals surface area contributed by atoms with E-state index in [9.17, 15) is 5.11 Å². The lowest BCUT2D eigenvalue weighted by Gasteiger charge is -2.09. The van der Waals surface area contributed by atoms with E-state index in [1.165, 1.54) is 0 Å². The molecule has 2 rings (SSSR count). The molecular weight excluding hydrogens is 250 g/mol. The number of nitrogens with one attached hydrogen (secondary N) is 1. The van der Waals surface area contributed by atoms with Gasteiger partial charge >= 0.3 is 0 Å². The van der Waals surface area contributed by atoms with Gasteiger partial charge in [-0.05, 0) is 31.2 Å². The van der Waals surface area contributed by atoms with E-state index in [0.29, 0.717) is 28.5 Å².